The molecule has 0 aliphatic carbocycles. The summed E-state index contributed by atoms with van der Waals surface area (Å²) in [5.41, 5.74) is 2.29. The Labute approximate surface area is 158 Å². The van der Waals surface area contributed by atoms with E-state index in [0.29, 0.717) is 36.1 Å². The van der Waals surface area contributed by atoms with Crippen LogP contribution in [0.5, 0.6) is 5.75 Å². The van der Waals surface area contributed by atoms with Crippen LogP contribution in [0.4, 0.5) is 0 Å². The van der Waals surface area contributed by atoms with Gasteiger partial charge in [0.25, 0.3) is 15.9 Å². The van der Waals surface area contributed by atoms with Gasteiger partial charge in [0.2, 0.25) is 0 Å². The van der Waals surface area contributed by atoms with Crippen molar-refractivity contribution in [1.29, 1.82) is 0 Å². The number of benzene rings is 1. The van der Waals surface area contributed by atoms with Crippen LogP contribution in [0.25, 0.3) is 0 Å². The highest BCUT2D eigenvalue weighted by atomic mass is 32.2. The van der Waals surface area contributed by atoms with E-state index in [9.17, 15) is 13.2 Å². The van der Waals surface area contributed by atoms with Gasteiger partial charge >= 0.3 is 0 Å². The summed E-state index contributed by atoms with van der Waals surface area (Å²) in [6.07, 6.45) is 0. The van der Waals surface area contributed by atoms with Gasteiger partial charge in [-0.2, -0.15) is 4.31 Å². The van der Waals surface area contributed by atoms with E-state index in [1.807, 2.05) is 32.0 Å². The summed E-state index contributed by atoms with van der Waals surface area (Å²) in [5, 5.41) is 1.75. The van der Waals surface area contributed by atoms with Crippen LogP contribution in [-0.4, -0.2) is 56.3 Å². The molecule has 26 heavy (non-hydrogen) atoms. The zero-order chi connectivity index (χ0) is 18.7. The number of hydrogen-bond donors (Lipinski definition) is 0. The van der Waals surface area contributed by atoms with Crippen LogP contribution in [0.2, 0.25) is 0 Å². The molecule has 0 atom stereocenters. The van der Waals surface area contributed by atoms with Crippen molar-refractivity contribution in [3.63, 3.8) is 0 Å². The molecule has 1 fully saturated rings. The molecule has 0 radical (unpaired) electrons. The summed E-state index contributed by atoms with van der Waals surface area (Å²) in [5.74, 6) is 0.539. The molecule has 1 aromatic heterocycles. The molecular weight excluding hydrogens is 372 g/mol. The number of sulfonamides is 1. The summed E-state index contributed by atoms with van der Waals surface area (Å²) in [6.45, 7) is 5.33. The third kappa shape index (κ3) is 4.08. The van der Waals surface area contributed by atoms with Crippen molar-refractivity contribution in [2.45, 2.75) is 18.1 Å². The minimum Gasteiger partial charge on any atom is -0.484 e. The number of aryl methyl sites for hydroxylation is 2. The van der Waals surface area contributed by atoms with Gasteiger partial charge in [0.05, 0.1) is 0 Å². The minimum atomic E-state index is -3.45. The molecule has 1 aromatic carbocycles. The van der Waals surface area contributed by atoms with E-state index in [4.69, 9.17) is 4.74 Å². The number of carbonyl (C=O) groups excluding carboxylic acids is 1. The highest BCUT2D eigenvalue weighted by Gasteiger charge is 2.30. The lowest BCUT2D eigenvalue weighted by Crippen LogP contribution is -2.51. The van der Waals surface area contributed by atoms with Crippen LogP contribution in [0, 0.1) is 13.8 Å². The molecule has 1 aliphatic heterocycles. The predicted octanol–water partition coefficient (Wildman–Crippen LogP) is 2.28. The van der Waals surface area contributed by atoms with E-state index in [1.54, 1.807) is 22.4 Å². The molecule has 140 valence electrons. The van der Waals surface area contributed by atoms with E-state index >= 15 is 0 Å². The maximum absolute atomic E-state index is 12.5. The Bertz CT molecular complexity index is 871. The van der Waals surface area contributed by atoms with Crippen molar-refractivity contribution in [2.75, 3.05) is 32.8 Å². The molecule has 0 spiro atoms. The summed E-state index contributed by atoms with van der Waals surface area (Å²) >= 11 is 1.21. The first-order valence-corrected chi connectivity index (χ1v) is 10.7. The molecule has 1 amide bonds. The summed E-state index contributed by atoms with van der Waals surface area (Å²) in [6, 6.07) is 9.05. The van der Waals surface area contributed by atoms with Gasteiger partial charge in [0.1, 0.15) is 9.96 Å². The molecular formula is C18H22N2O4S2. The van der Waals surface area contributed by atoms with Crippen molar-refractivity contribution < 1.29 is 17.9 Å². The second-order valence-electron chi connectivity index (χ2n) is 6.25. The Morgan fingerprint density at radius 2 is 1.85 bits per heavy atom. The zero-order valence-corrected chi connectivity index (χ0v) is 16.5. The molecule has 1 aliphatic rings. The molecule has 3 rings (SSSR count). The third-order valence-corrected chi connectivity index (χ3v) is 7.79. The molecule has 0 bridgehead atoms. The van der Waals surface area contributed by atoms with Gasteiger partial charge in [-0.25, -0.2) is 8.42 Å². The van der Waals surface area contributed by atoms with E-state index in [0.717, 1.165) is 5.56 Å². The predicted molar refractivity (Wildman–Crippen MR) is 101 cm³/mol. The quantitative estimate of drug-likeness (QED) is 0.780. The molecule has 2 aromatic rings. The molecule has 6 nitrogen and oxygen atoms in total. The lowest BCUT2D eigenvalue weighted by molar-refractivity contribution is -0.134. The largest absolute Gasteiger partial charge is 0.484 e. The standard InChI is InChI=1S/C18H22N2O4S2/c1-14-5-6-16(12-15(14)2)24-13-17(21)19-7-9-20(10-8-19)26(22,23)18-4-3-11-25-18/h3-6,11-12H,7-10,13H2,1-2H3. The number of hydrogen-bond acceptors (Lipinski definition) is 5. The van der Waals surface area contributed by atoms with Crippen molar-refractivity contribution >= 4 is 27.3 Å². The fourth-order valence-corrected chi connectivity index (χ4v) is 5.32. The number of ether oxygens (including phenoxy) is 1. The topological polar surface area (TPSA) is 66.9 Å². The summed E-state index contributed by atoms with van der Waals surface area (Å²) in [7, 11) is -3.45. The maximum atomic E-state index is 12.5. The highest BCUT2D eigenvalue weighted by Crippen LogP contribution is 2.22. The Morgan fingerprint density at radius 1 is 1.12 bits per heavy atom. The molecule has 1 saturated heterocycles. The first kappa shape index (κ1) is 18.9. The lowest BCUT2D eigenvalue weighted by Gasteiger charge is -2.33. The van der Waals surface area contributed by atoms with Crippen LogP contribution in [-0.2, 0) is 14.8 Å². The average molecular weight is 395 g/mol. The van der Waals surface area contributed by atoms with Gasteiger partial charge in [-0.15, -0.1) is 11.3 Å². The lowest BCUT2D eigenvalue weighted by atomic mass is 10.1. The Kier molecular flexibility index (Phi) is 5.64. The maximum Gasteiger partial charge on any atom is 0.260 e. The van der Waals surface area contributed by atoms with Gasteiger partial charge in [0.15, 0.2) is 6.61 Å². The van der Waals surface area contributed by atoms with E-state index in [-0.39, 0.29) is 12.5 Å². The molecule has 8 heteroatoms. The summed E-state index contributed by atoms with van der Waals surface area (Å²) in [4.78, 5) is 14.0. The van der Waals surface area contributed by atoms with Crippen molar-refractivity contribution in [2.24, 2.45) is 0 Å². The number of piperazine rings is 1. The number of carbonyl (C=O) groups is 1. The highest BCUT2D eigenvalue weighted by molar-refractivity contribution is 7.91. The SMILES string of the molecule is Cc1ccc(OCC(=O)N2CCN(S(=O)(=O)c3cccs3)CC2)cc1C. The smallest absolute Gasteiger partial charge is 0.260 e. The number of thiophene rings is 1. The zero-order valence-electron chi connectivity index (χ0n) is 14.8. The van der Waals surface area contributed by atoms with E-state index in [1.165, 1.54) is 21.2 Å². The Balaban J connectivity index is 1.53. The average Bonchev–Trinajstić information content (AvgIpc) is 3.18. The minimum absolute atomic E-state index is 0.0415. The normalized spacial score (nSPS) is 15.8. The first-order chi connectivity index (χ1) is 12.4. The Hall–Kier alpha value is -1.90. The second kappa shape index (κ2) is 7.77. The summed E-state index contributed by atoms with van der Waals surface area (Å²) < 4.78 is 32.4. The monoisotopic (exact) mass is 394 g/mol. The molecule has 2 heterocycles. The number of nitrogens with zero attached hydrogens (tertiary/aromatic N) is 2. The fourth-order valence-electron chi connectivity index (χ4n) is 2.76. The van der Waals surface area contributed by atoms with Crippen LogP contribution in [0.3, 0.4) is 0 Å². The van der Waals surface area contributed by atoms with Crippen molar-refractivity contribution in [3.05, 3.63) is 46.8 Å². The van der Waals surface area contributed by atoms with E-state index < -0.39 is 10.0 Å². The molecule has 0 N–H and O–H groups in total. The third-order valence-electron chi connectivity index (χ3n) is 4.52. The number of amides is 1. The van der Waals surface area contributed by atoms with Crippen LogP contribution < -0.4 is 4.74 Å². The van der Waals surface area contributed by atoms with Gasteiger partial charge in [0, 0.05) is 26.2 Å². The molecule has 0 saturated carbocycles. The molecule has 0 unspecified atom stereocenters. The van der Waals surface area contributed by atoms with Crippen molar-refractivity contribution in [1.82, 2.24) is 9.21 Å². The van der Waals surface area contributed by atoms with Gasteiger partial charge < -0.3 is 9.64 Å². The fraction of sp³-hybridized carbons (Fsp3) is 0.389. The van der Waals surface area contributed by atoms with Crippen molar-refractivity contribution in [3.8, 4) is 5.75 Å². The van der Waals surface area contributed by atoms with Crippen LogP contribution in [0.15, 0.2) is 39.9 Å². The first-order valence-electron chi connectivity index (χ1n) is 8.39. The number of rotatable bonds is 5. The Morgan fingerprint density at radius 3 is 2.46 bits per heavy atom. The van der Waals surface area contributed by atoms with Crippen LogP contribution >= 0.6 is 11.3 Å². The van der Waals surface area contributed by atoms with E-state index in [2.05, 4.69) is 0 Å². The van der Waals surface area contributed by atoms with Gasteiger partial charge in [-0.05, 0) is 48.6 Å². The van der Waals surface area contributed by atoms with Crippen LogP contribution in [0.1, 0.15) is 11.1 Å². The second-order valence-corrected chi connectivity index (χ2v) is 9.36. The van der Waals surface area contributed by atoms with Gasteiger partial charge in [-0.1, -0.05) is 12.1 Å². The van der Waals surface area contributed by atoms with Gasteiger partial charge in [-0.3, -0.25) is 4.79 Å².